The number of hydrogen-bond donors (Lipinski definition) is 0. The number of ketones is 1. The molecule has 0 spiro atoms. The van der Waals surface area contributed by atoms with Crippen molar-refractivity contribution in [1.82, 2.24) is 0 Å². The van der Waals surface area contributed by atoms with E-state index in [1.165, 1.54) is 24.3 Å². The maximum absolute atomic E-state index is 11.1. The number of non-ortho nitro benzene ring substituents is 1. The van der Waals surface area contributed by atoms with Gasteiger partial charge >= 0.3 is 0 Å². The van der Waals surface area contributed by atoms with Gasteiger partial charge in [-0.2, -0.15) is 0 Å². The predicted octanol–water partition coefficient (Wildman–Crippen LogP) is 3.01. The Bertz CT molecular complexity index is 559. The average Bonchev–Trinajstić information content (AvgIpc) is 2.60. The van der Waals surface area contributed by atoms with Crippen LogP contribution in [-0.2, 0) is 0 Å². The Balaban J connectivity index is 2.75. The van der Waals surface area contributed by atoms with E-state index in [1.807, 2.05) is 0 Å². The number of carbonyl (C=O) groups is 1. The molecule has 0 bridgehead atoms. The minimum absolute atomic E-state index is 0.0602. The first-order valence-corrected chi connectivity index (χ1v) is 5.09. The molecule has 0 aliphatic rings. The fourth-order valence-corrected chi connectivity index (χ4v) is 2.41. The van der Waals surface area contributed by atoms with Crippen molar-refractivity contribution in [2.24, 2.45) is 0 Å². The van der Waals surface area contributed by atoms with Crippen LogP contribution in [0.2, 0.25) is 0 Å². The van der Waals surface area contributed by atoms with Crippen LogP contribution in [-0.4, -0.2) is 10.7 Å². The first-order valence-electron chi connectivity index (χ1n) is 4.27. The highest BCUT2D eigenvalue weighted by molar-refractivity contribution is 7.21. The minimum Gasteiger partial charge on any atom is -0.294 e. The molecule has 5 heteroatoms. The number of thiophene rings is 1. The van der Waals surface area contributed by atoms with Crippen LogP contribution in [0, 0.1) is 10.1 Å². The van der Waals surface area contributed by atoms with Gasteiger partial charge < -0.3 is 0 Å². The highest BCUT2D eigenvalue weighted by Crippen LogP contribution is 2.33. The van der Waals surface area contributed by atoms with E-state index in [0.717, 1.165) is 5.39 Å². The molecule has 4 nitrogen and oxygen atoms in total. The lowest BCUT2D eigenvalue weighted by Gasteiger charge is -1.91. The van der Waals surface area contributed by atoms with Crippen LogP contribution >= 0.6 is 11.3 Å². The number of nitrogens with zero attached hydrogens (tertiary/aromatic N) is 1. The lowest BCUT2D eigenvalue weighted by Crippen LogP contribution is -1.86. The van der Waals surface area contributed by atoms with Crippen LogP contribution in [0.15, 0.2) is 24.3 Å². The Morgan fingerprint density at radius 2 is 2.20 bits per heavy atom. The number of fused-ring (bicyclic) bond motifs is 1. The molecule has 1 aromatic carbocycles. The normalized spacial score (nSPS) is 10.5. The van der Waals surface area contributed by atoms with Gasteiger partial charge in [0, 0.05) is 11.5 Å². The average molecular weight is 221 g/mol. The third-order valence-corrected chi connectivity index (χ3v) is 3.34. The lowest BCUT2D eigenvalue weighted by atomic mass is 10.2. The zero-order valence-corrected chi connectivity index (χ0v) is 8.71. The van der Waals surface area contributed by atoms with Crippen LogP contribution in [0.25, 0.3) is 10.1 Å². The molecule has 1 heterocycles. The lowest BCUT2D eigenvalue weighted by molar-refractivity contribution is -0.382. The number of carbonyl (C=O) groups excluding carboxylic acids is 1. The van der Waals surface area contributed by atoms with Crippen molar-refractivity contribution >= 4 is 32.9 Å². The van der Waals surface area contributed by atoms with Gasteiger partial charge in [0.1, 0.15) is 4.70 Å². The van der Waals surface area contributed by atoms with Crippen molar-refractivity contribution in [3.05, 3.63) is 39.3 Å². The molecule has 1 aromatic heterocycles. The molecule has 0 aliphatic heterocycles. The first-order chi connectivity index (χ1) is 7.09. The predicted molar refractivity (Wildman–Crippen MR) is 58.5 cm³/mol. The van der Waals surface area contributed by atoms with Crippen molar-refractivity contribution in [2.75, 3.05) is 0 Å². The summed E-state index contributed by atoms with van der Waals surface area (Å²) in [7, 11) is 0. The first kappa shape index (κ1) is 9.79. The van der Waals surface area contributed by atoms with Crippen LogP contribution in [0.1, 0.15) is 16.6 Å². The van der Waals surface area contributed by atoms with Gasteiger partial charge in [-0.05, 0) is 13.0 Å². The number of nitro benzene ring substituents is 1. The van der Waals surface area contributed by atoms with E-state index in [-0.39, 0.29) is 11.5 Å². The summed E-state index contributed by atoms with van der Waals surface area (Å²) in [6.07, 6.45) is 0. The molecule has 2 rings (SSSR count). The summed E-state index contributed by atoms with van der Waals surface area (Å²) in [6.45, 7) is 1.45. The van der Waals surface area contributed by atoms with Crippen molar-refractivity contribution in [3.63, 3.8) is 0 Å². The number of Topliss-reactive ketones (excluding diaryl/α,β-unsaturated/α-hetero) is 1. The quantitative estimate of drug-likeness (QED) is 0.445. The summed E-state index contributed by atoms with van der Waals surface area (Å²) in [5.74, 6) is -0.0644. The molecule has 0 radical (unpaired) electrons. The molecule has 0 aliphatic carbocycles. The molecule has 0 N–H and O–H groups in total. The Morgan fingerprint density at radius 3 is 2.80 bits per heavy atom. The van der Waals surface area contributed by atoms with E-state index in [9.17, 15) is 14.9 Å². The van der Waals surface area contributed by atoms with E-state index in [1.54, 1.807) is 18.2 Å². The SMILES string of the molecule is CC(=O)c1cc2cccc([N+](=O)[O-])c2s1. The molecule has 0 unspecified atom stereocenters. The largest absolute Gasteiger partial charge is 0.294 e. The molecule has 0 amide bonds. The Labute approximate surface area is 89.3 Å². The van der Waals surface area contributed by atoms with Crippen LogP contribution in [0.5, 0.6) is 0 Å². The minimum atomic E-state index is -0.428. The van der Waals surface area contributed by atoms with Gasteiger partial charge in [0.05, 0.1) is 9.80 Å². The standard InChI is InChI=1S/C10H7NO3S/c1-6(12)9-5-7-3-2-4-8(11(13)14)10(7)15-9/h2-5H,1H3. The summed E-state index contributed by atoms with van der Waals surface area (Å²) in [5.41, 5.74) is 0.0602. The zero-order chi connectivity index (χ0) is 11.0. The maximum Gasteiger partial charge on any atom is 0.287 e. The molecule has 0 saturated carbocycles. The van der Waals surface area contributed by atoms with Gasteiger partial charge in [0.15, 0.2) is 5.78 Å². The van der Waals surface area contributed by atoms with E-state index < -0.39 is 4.92 Å². The third kappa shape index (κ3) is 1.61. The molecular weight excluding hydrogens is 214 g/mol. The van der Waals surface area contributed by atoms with Crippen LogP contribution in [0.3, 0.4) is 0 Å². The Hall–Kier alpha value is -1.75. The molecule has 2 aromatic rings. The molecule has 0 saturated heterocycles. The van der Waals surface area contributed by atoms with Crippen molar-refractivity contribution < 1.29 is 9.72 Å². The topological polar surface area (TPSA) is 60.2 Å². The smallest absolute Gasteiger partial charge is 0.287 e. The second-order valence-electron chi connectivity index (χ2n) is 3.12. The van der Waals surface area contributed by atoms with Crippen molar-refractivity contribution in [3.8, 4) is 0 Å². The number of nitro groups is 1. The monoisotopic (exact) mass is 221 g/mol. The Morgan fingerprint density at radius 1 is 1.47 bits per heavy atom. The zero-order valence-electron chi connectivity index (χ0n) is 7.89. The fourth-order valence-electron chi connectivity index (χ4n) is 1.36. The Kier molecular flexibility index (Phi) is 2.24. The van der Waals surface area contributed by atoms with E-state index in [2.05, 4.69) is 0 Å². The van der Waals surface area contributed by atoms with Gasteiger partial charge in [0.25, 0.3) is 5.69 Å². The van der Waals surface area contributed by atoms with Gasteiger partial charge in [-0.1, -0.05) is 12.1 Å². The highest BCUT2D eigenvalue weighted by atomic mass is 32.1. The van der Waals surface area contributed by atoms with Gasteiger partial charge in [-0.3, -0.25) is 14.9 Å². The number of rotatable bonds is 2. The maximum atomic E-state index is 11.1. The molecular formula is C10H7NO3S. The van der Waals surface area contributed by atoms with Crippen molar-refractivity contribution in [1.29, 1.82) is 0 Å². The van der Waals surface area contributed by atoms with Crippen LogP contribution < -0.4 is 0 Å². The number of benzene rings is 1. The van der Waals surface area contributed by atoms with Gasteiger partial charge in [0.2, 0.25) is 0 Å². The number of hydrogen-bond acceptors (Lipinski definition) is 4. The molecule has 15 heavy (non-hydrogen) atoms. The summed E-state index contributed by atoms with van der Waals surface area (Å²) >= 11 is 1.17. The molecule has 0 fully saturated rings. The summed E-state index contributed by atoms with van der Waals surface area (Å²) in [4.78, 5) is 22.0. The van der Waals surface area contributed by atoms with Gasteiger partial charge in [-0.15, -0.1) is 11.3 Å². The van der Waals surface area contributed by atoms with Crippen LogP contribution in [0.4, 0.5) is 5.69 Å². The second-order valence-corrected chi connectivity index (χ2v) is 4.17. The third-order valence-electron chi connectivity index (χ3n) is 2.07. The van der Waals surface area contributed by atoms with E-state index in [4.69, 9.17) is 0 Å². The second kappa shape index (κ2) is 3.43. The van der Waals surface area contributed by atoms with E-state index in [0.29, 0.717) is 9.58 Å². The van der Waals surface area contributed by atoms with Crippen molar-refractivity contribution in [2.45, 2.75) is 6.92 Å². The fraction of sp³-hybridized carbons (Fsp3) is 0.100. The van der Waals surface area contributed by atoms with Gasteiger partial charge in [-0.25, -0.2) is 0 Å². The molecule has 76 valence electrons. The molecule has 0 atom stereocenters. The van der Waals surface area contributed by atoms with E-state index >= 15 is 0 Å². The summed E-state index contributed by atoms with van der Waals surface area (Å²) in [6, 6.07) is 6.53. The highest BCUT2D eigenvalue weighted by Gasteiger charge is 2.15. The summed E-state index contributed by atoms with van der Waals surface area (Å²) < 4.78 is 0.563. The summed E-state index contributed by atoms with van der Waals surface area (Å²) in [5, 5.41) is 11.5.